The van der Waals surface area contributed by atoms with E-state index in [9.17, 15) is 9.59 Å². The summed E-state index contributed by atoms with van der Waals surface area (Å²) in [4.78, 5) is 32.5. The van der Waals surface area contributed by atoms with E-state index in [4.69, 9.17) is 0 Å². The SMILES string of the molecule is CCc1cccc2c(-c3csc(CN4C(=O)CNC4=O)n3)c[nH]c12. The monoisotopic (exact) mass is 340 g/mol. The minimum absolute atomic E-state index is 0.0688. The number of para-hydroxylation sites is 1. The largest absolute Gasteiger partial charge is 0.360 e. The molecule has 0 bridgehead atoms. The molecule has 3 aromatic rings. The molecule has 2 N–H and O–H groups in total. The van der Waals surface area contributed by atoms with Crippen molar-refractivity contribution >= 4 is 34.2 Å². The normalized spacial score (nSPS) is 14.6. The maximum Gasteiger partial charge on any atom is 0.324 e. The maximum absolute atomic E-state index is 11.7. The average molecular weight is 340 g/mol. The van der Waals surface area contributed by atoms with Crippen LogP contribution < -0.4 is 5.32 Å². The van der Waals surface area contributed by atoms with E-state index in [-0.39, 0.29) is 25.0 Å². The highest BCUT2D eigenvalue weighted by Gasteiger charge is 2.29. The smallest absolute Gasteiger partial charge is 0.324 e. The number of nitrogens with one attached hydrogen (secondary N) is 2. The first-order valence-electron chi connectivity index (χ1n) is 7.79. The van der Waals surface area contributed by atoms with Crippen molar-refractivity contribution < 1.29 is 9.59 Å². The van der Waals surface area contributed by atoms with Crippen LogP contribution in [0.1, 0.15) is 17.5 Å². The van der Waals surface area contributed by atoms with Gasteiger partial charge in [0.2, 0.25) is 5.91 Å². The maximum atomic E-state index is 11.7. The van der Waals surface area contributed by atoms with Gasteiger partial charge in [-0.25, -0.2) is 9.78 Å². The first kappa shape index (κ1) is 14.9. The number of hydrogen-bond donors (Lipinski definition) is 2. The van der Waals surface area contributed by atoms with E-state index in [0.29, 0.717) is 0 Å². The summed E-state index contributed by atoms with van der Waals surface area (Å²) in [5.74, 6) is -0.212. The Labute approximate surface area is 142 Å². The lowest BCUT2D eigenvalue weighted by Gasteiger charge is -2.09. The van der Waals surface area contributed by atoms with Crippen LogP contribution in [-0.2, 0) is 17.8 Å². The Hall–Kier alpha value is -2.67. The fourth-order valence-corrected chi connectivity index (χ4v) is 3.76. The molecule has 6 nitrogen and oxygen atoms in total. The summed E-state index contributed by atoms with van der Waals surface area (Å²) >= 11 is 1.46. The highest BCUT2D eigenvalue weighted by atomic mass is 32.1. The number of carbonyl (C=O) groups is 2. The summed E-state index contributed by atoms with van der Waals surface area (Å²) in [5.41, 5.74) is 4.31. The van der Waals surface area contributed by atoms with E-state index in [1.807, 2.05) is 11.6 Å². The van der Waals surface area contributed by atoms with Crippen molar-refractivity contribution in [2.24, 2.45) is 0 Å². The number of imide groups is 1. The molecular weight excluding hydrogens is 324 g/mol. The van der Waals surface area contributed by atoms with Crippen LogP contribution in [0, 0.1) is 0 Å². The fraction of sp³-hybridized carbons (Fsp3) is 0.235. The number of thiazole rings is 1. The average Bonchev–Trinajstić information content (AvgIpc) is 3.29. The molecule has 1 aromatic carbocycles. The third-order valence-corrected chi connectivity index (χ3v) is 5.07. The summed E-state index contributed by atoms with van der Waals surface area (Å²) in [6, 6.07) is 5.90. The van der Waals surface area contributed by atoms with Crippen molar-refractivity contribution in [1.29, 1.82) is 0 Å². The Morgan fingerprint density at radius 2 is 2.21 bits per heavy atom. The molecule has 1 saturated heterocycles. The molecule has 3 amide bonds. The second kappa shape index (κ2) is 5.76. The van der Waals surface area contributed by atoms with Gasteiger partial charge in [0.1, 0.15) is 5.01 Å². The van der Waals surface area contributed by atoms with Gasteiger partial charge < -0.3 is 10.3 Å². The van der Waals surface area contributed by atoms with Crippen LogP contribution in [0.3, 0.4) is 0 Å². The van der Waals surface area contributed by atoms with Gasteiger partial charge >= 0.3 is 6.03 Å². The van der Waals surface area contributed by atoms with E-state index in [0.717, 1.165) is 33.6 Å². The number of benzene rings is 1. The third-order valence-electron chi connectivity index (χ3n) is 4.24. The van der Waals surface area contributed by atoms with E-state index >= 15 is 0 Å². The Kier molecular flexibility index (Phi) is 3.57. The van der Waals surface area contributed by atoms with Crippen LogP contribution >= 0.6 is 11.3 Å². The molecule has 0 radical (unpaired) electrons. The molecule has 1 aliphatic heterocycles. The van der Waals surface area contributed by atoms with Crippen molar-refractivity contribution in [2.75, 3.05) is 6.54 Å². The van der Waals surface area contributed by atoms with Crippen LogP contribution in [-0.4, -0.2) is 33.4 Å². The van der Waals surface area contributed by atoms with Gasteiger partial charge in [-0.3, -0.25) is 9.69 Å². The van der Waals surface area contributed by atoms with Gasteiger partial charge in [-0.2, -0.15) is 0 Å². The van der Waals surface area contributed by atoms with E-state index in [1.165, 1.54) is 21.8 Å². The highest BCUT2D eigenvalue weighted by Crippen LogP contribution is 2.31. The number of aromatic amines is 1. The predicted molar refractivity (Wildman–Crippen MR) is 92.7 cm³/mol. The van der Waals surface area contributed by atoms with Crippen molar-refractivity contribution in [3.63, 3.8) is 0 Å². The summed E-state index contributed by atoms with van der Waals surface area (Å²) in [6.07, 6.45) is 2.93. The second-order valence-corrected chi connectivity index (χ2v) is 6.60. The van der Waals surface area contributed by atoms with Gasteiger partial charge in [0.25, 0.3) is 0 Å². The number of hydrogen-bond acceptors (Lipinski definition) is 4. The van der Waals surface area contributed by atoms with Crippen LogP contribution in [0.15, 0.2) is 29.8 Å². The Morgan fingerprint density at radius 3 is 2.96 bits per heavy atom. The van der Waals surface area contributed by atoms with Crippen LogP contribution in [0.2, 0.25) is 0 Å². The Morgan fingerprint density at radius 1 is 1.33 bits per heavy atom. The fourth-order valence-electron chi connectivity index (χ4n) is 2.98. The zero-order valence-electron chi connectivity index (χ0n) is 13.1. The zero-order valence-corrected chi connectivity index (χ0v) is 13.9. The number of urea groups is 1. The first-order valence-corrected chi connectivity index (χ1v) is 8.67. The zero-order chi connectivity index (χ0) is 16.7. The topological polar surface area (TPSA) is 78.1 Å². The van der Waals surface area contributed by atoms with Crippen molar-refractivity contribution in [1.82, 2.24) is 20.2 Å². The summed E-state index contributed by atoms with van der Waals surface area (Å²) in [7, 11) is 0. The minimum Gasteiger partial charge on any atom is -0.360 e. The number of amides is 3. The molecule has 24 heavy (non-hydrogen) atoms. The van der Waals surface area contributed by atoms with Crippen LogP contribution in [0.4, 0.5) is 4.79 Å². The summed E-state index contributed by atoms with van der Waals surface area (Å²) in [5, 5.41) is 6.37. The molecule has 1 fully saturated rings. The molecule has 0 spiro atoms. The highest BCUT2D eigenvalue weighted by molar-refractivity contribution is 7.10. The lowest BCUT2D eigenvalue weighted by Crippen LogP contribution is -2.30. The second-order valence-electron chi connectivity index (χ2n) is 5.66. The van der Waals surface area contributed by atoms with Crippen LogP contribution in [0.25, 0.3) is 22.2 Å². The quantitative estimate of drug-likeness (QED) is 0.717. The van der Waals surface area contributed by atoms with E-state index in [2.05, 4.69) is 40.4 Å². The number of rotatable bonds is 4. The molecule has 0 saturated carbocycles. The van der Waals surface area contributed by atoms with Gasteiger partial charge in [-0.1, -0.05) is 25.1 Å². The van der Waals surface area contributed by atoms with Gasteiger partial charge in [-0.05, 0) is 12.0 Å². The Bertz CT molecular complexity index is 927. The first-order chi connectivity index (χ1) is 11.7. The molecule has 2 aromatic heterocycles. The molecule has 0 atom stereocenters. The van der Waals surface area contributed by atoms with Crippen molar-refractivity contribution in [3.05, 3.63) is 40.3 Å². The molecule has 4 rings (SSSR count). The molecule has 0 aliphatic carbocycles. The minimum atomic E-state index is -0.351. The number of fused-ring (bicyclic) bond motifs is 1. The Balaban J connectivity index is 1.66. The molecule has 1 aliphatic rings. The molecule has 122 valence electrons. The third kappa shape index (κ3) is 2.37. The van der Waals surface area contributed by atoms with Gasteiger partial charge in [0.15, 0.2) is 0 Å². The standard InChI is InChI=1S/C17H16N4O2S/c1-2-10-4-3-5-11-12(6-18-16(10)11)13-9-24-14(20-13)8-21-15(22)7-19-17(21)23/h3-6,9,18H,2,7-8H2,1H3,(H,19,23). The molecular formula is C17H16N4O2S. The molecule has 7 heteroatoms. The van der Waals surface area contributed by atoms with Crippen molar-refractivity contribution in [3.8, 4) is 11.3 Å². The summed E-state index contributed by atoms with van der Waals surface area (Å²) in [6.45, 7) is 2.42. The van der Waals surface area contributed by atoms with E-state index < -0.39 is 0 Å². The molecule has 0 unspecified atom stereocenters. The predicted octanol–water partition coefficient (Wildman–Crippen LogP) is 2.91. The number of aryl methyl sites for hydroxylation is 1. The van der Waals surface area contributed by atoms with Gasteiger partial charge in [0.05, 0.1) is 18.8 Å². The number of carbonyl (C=O) groups excluding carboxylic acids is 2. The number of H-pyrrole nitrogens is 1. The molecule has 3 heterocycles. The number of nitrogens with zero attached hydrogens (tertiary/aromatic N) is 2. The lowest BCUT2D eigenvalue weighted by atomic mass is 10.1. The van der Waals surface area contributed by atoms with Crippen LogP contribution in [0.5, 0.6) is 0 Å². The lowest BCUT2D eigenvalue weighted by molar-refractivity contribution is -0.125. The van der Waals surface area contributed by atoms with Gasteiger partial charge in [0, 0.05) is 28.0 Å². The van der Waals surface area contributed by atoms with Crippen molar-refractivity contribution in [2.45, 2.75) is 19.9 Å². The number of aromatic nitrogens is 2. The van der Waals surface area contributed by atoms with Gasteiger partial charge in [-0.15, -0.1) is 11.3 Å². The van der Waals surface area contributed by atoms with E-state index in [1.54, 1.807) is 0 Å². The summed E-state index contributed by atoms with van der Waals surface area (Å²) < 4.78 is 0.